The minimum absolute atomic E-state index is 0.0590. The van der Waals surface area contributed by atoms with Gasteiger partial charge in [-0.25, -0.2) is 4.79 Å². The molecule has 0 aromatic rings. The number of nitrogens with one attached hydrogen (secondary N) is 3. The van der Waals surface area contributed by atoms with Crippen molar-refractivity contribution in [3.63, 3.8) is 0 Å². The van der Waals surface area contributed by atoms with Gasteiger partial charge in [-0.1, -0.05) is 27.7 Å². The number of carboxylic acid groups (broad SMARTS) is 2. The molecule has 0 saturated carbocycles. The lowest BCUT2D eigenvalue weighted by Crippen LogP contribution is -2.58. The molecule has 0 aromatic carbocycles. The van der Waals surface area contributed by atoms with E-state index in [-0.39, 0.29) is 24.7 Å². The Hall–Kier alpha value is -3.22. The number of primary amides is 1. The van der Waals surface area contributed by atoms with E-state index >= 15 is 0 Å². The third kappa shape index (κ3) is 12.4. The van der Waals surface area contributed by atoms with Crippen molar-refractivity contribution in [2.75, 3.05) is 0 Å². The van der Waals surface area contributed by atoms with E-state index in [9.17, 15) is 33.9 Å². The molecule has 4 amide bonds. The molecule has 0 aliphatic carbocycles. The number of hydrogen-bond donors (Lipinski definition) is 7. The topological polar surface area (TPSA) is 231 Å². The Morgan fingerprint density at radius 2 is 1.12 bits per heavy atom. The first-order valence-corrected chi connectivity index (χ1v) is 10.5. The first-order chi connectivity index (χ1) is 15.1. The van der Waals surface area contributed by atoms with Crippen molar-refractivity contribution in [2.24, 2.45) is 23.3 Å². The molecular formula is C20H35N5O8. The highest BCUT2D eigenvalue weighted by Crippen LogP contribution is 2.08. The first kappa shape index (κ1) is 29.8. The molecule has 0 radical (unpaired) electrons. The maximum atomic E-state index is 12.8. The van der Waals surface area contributed by atoms with Gasteiger partial charge in [0.1, 0.15) is 18.1 Å². The highest BCUT2D eigenvalue weighted by Gasteiger charge is 2.32. The van der Waals surface area contributed by atoms with Crippen LogP contribution in [0, 0.1) is 11.8 Å². The SMILES string of the molecule is CC(C)CC(NC(=O)C(CC(N)=O)NC(=O)C(CC(C)C)NC(=O)C(N)CC(=O)O)C(=O)O. The lowest BCUT2D eigenvalue weighted by atomic mass is 10.0. The van der Waals surface area contributed by atoms with E-state index < -0.39 is 72.6 Å². The van der Waals surface area contributed by atoms with Gasteiger partial charge < -0.3 is 37.6 Å². The number of carboxylic acids is 2. The van der Waals surface area contributed by atoms with Crippen LogP contribution in [0.4, 0.5) is 0 Å². The number of rotatable bonds is 15. The molecule has 33 heavy (non-hydrogen) atoms. The highest BCUT2D eigenvalue weighted by molar-refractivity contribution is 5.96. The average molecular weight is 474 g/mol. The van der Waals surface area contributed by atoms with Crippen LogP contribution in [0.15, 0.2) is 0 Å². The van der Waals surface area contributed by atoms with Crippen LogP contribution in [0.3, 0.4) is 0 Å². The largest absolute Gasteiger partial charge is 0.481 e. The summed E-state index contributed by atoms with van der Waals surface area (Å²) in [5.74, 6) is -6.28. The summed E-state index contributed by atoms with van der Waals surface area (Å²) < 4.78 is 0. The lowest BCUT2D eigenvalue weighted by molar-refractivity contribution is -0.143. The normalized spacial score (nSPS) is 14.6. The summed E-state index contributed by atoms with van der Waals surface area (Å²) in [5, 5.41) is 25.1. The Morgan fingerprint density at radius 1 is 0.697 bits per heavy atom. The number of nitrogens with two attached hydrogens (primary N) is 2. The Kier molecular flexibility index (Phi) is 12.7. The fraction of sp³-hybridized carbons (Fsp3) is 0.700. The van der Waals surface area contributed by atoms with Crippen molar-refractivity contribution in [1.82, 2.24) is 16.0 Å². The quantitative estimate of drug-likeness (QED) is 0.143. The van der Waals surface area contributed by atoms with Gasteiger partial charge in [0.05, 0.1) is 18.9 Å². The predicted octanol–water partition coefficient (Wildman–Crippen LogP) is -1.70. The van der Waals surface area contributed by atoms with Gasteiger partial charge in [-0.3, -0.25) is 24.0 Å². The van der Waals surface area contributed by atoms with Crippen LogP contribution < -0.4 is 27.4 Å². The molecule has 4 atom stereocenters. The van der Waals surface area contributed by atoms with E-state index in [1.54, 1.807) is 27.7 Å². The van der Waals surface area contributed by atoms with E-state index in [2.05, 4.69) is 16.0 Å². The number of carbonyl (C=O) groups excluding carboxylic acids is 4. The predicted molar refractivity (Wildman–Crippen MR) is 116 cm³/mol. The maximum absolute atomic E-state index is 12.8. The molecule has 0 heterocycles. The van der Waals surface area contributed by atoms with E-state index in [0.717, 1.165) is 0 Å². The minimum atomic E-state index is -1.48. The van der Waals surface area contributed by atoms with Gasteiger partial charge in [0.25, 0.3) is 0 Å². The Labute approximate surface area is 192 Å². The van der Waals surface area contributed by atoms with E-state index in [0.29, 0.717) is 0 Å². The zero-order valence-corrected chi connectivity index (χ0v) is 19.3. The number of carbonyl (C=O) groups is 6. The molecule has 188 valence electrons. The second kappa shape index (κ2) is 14.0. The van der Waals surface area contributed by atoms with Crippen molar-refractivity contribution in [3.8, 4) is 0 Å². The summed E-state index contributed by atoms with van der Waals surface area (Å²) in [6.07, 6.45) is -1.02. The minimum Gasteiger partial charge on any atom is -0.481 e. The fourth-order valence-electron chi connectivity index (χ4n) is 2.91. The lowest BCUT2D eigenvalue weighted by Gasteiger charge is -2.25. The van der Waals surface area contributed by atoms with Crippen molar-refractivity contribution in [1.29, 1.82) is 0 Å². The molecule has 0 bridgehead atoms. The van der Waals surface area contributed by atoms with Gasteiger partial charge in [0.2, 0.25) is 23.6 Å². The van der Waals surface area contributed by atoms with Gasteiger partial charge in [-0.15, -0.1) is 0 Å². The molecule has 0 rings (SSSR count). The van der Waals surface area contributed by atoms with Crippen molar-refractivity contribution in [2.45, 2.75) is 77.5 Å². The molecule has 0 aromatic heterocycles. The second-order valence-corrected chi connectivity index (χ2v) is 8.66. The van der Waals surface area contributed by atoms with E-state index in [1.807, 2.05) is 0 Å². The summed E-state index contributed by atoms with van der Waals surface area (Å²) in [4.78, 5) is 71.3. The van der Waals surface area contributed by atoms with Crippen LogP contribution in [-0.4, -0.2) is 69.9 Å². The molecule has 9 N–H and O–H groups in total. The molecule has 4 unspecified atom stereocenters. The van der Waals surface area contributed by atoms with Crippen LogP contribution >= 0.6 is 0 Å². The van der Waals surface area contributed by atoms with Crippen molar-refractivity contribution >= 4 is 35.6 Å². The molecule has 13 heteroatoms. The van der Waals surface area contributed by atoms with Gasteiger partial charge >= 0.3 is 11.9 Å². The number of hydrogen-bond acceptors (Lipinski definition) is 7. The summed E-state index contributed by atoms with van der Waals surface area (Å²) >= 11 is 0. The van der Waals surface area contributed by atoms with Gasteiger partial charge in [0, 0.05) is 0 Å². The van der Waals surface area contributed by atoms with E-state index in [1.165, 1.54) is 0 Å². The number of aliphatic carboxylic acids is 2. The Balaban J connectivity index is 5.54. The van der Waals surface area contributed by atoms with Crippen LogP contribution in [0.2, 0.25) is 0 Å². The van der Waals surface area contributed by atoms with Crippen LogP contribution in [0.25, 0.3) is 0 Å². The summed E-state index contributed by atoms with van der Waals surface area (Å²) in [6, 6.07) is -5.32. The third-order valence-electron chi connectivity index (χ3n) is 4.43. The molecule has 0 spiro atoms. The van der Waals surface area contributed by atoms with Crippen LogP contribution in [0.5, 0.6) is 0 Å². The maximum Gasteiger partial charge on any atom is 0.326 e. The first-order valence-electron chi connectivity index (χ1n) is 10.5. The zero-order chi connectivity index (χ0) is 25.9. The molecule has 0 saturated heterocycles. The van der Waals surface area contributed by atoms with Gasteiger partial charge in [0.15, 0.2) is 0 Å². The molecule has 0 aliphatic heterocycles. The average Bonchev–Trinajstić information content (AvgIpc) is 2.64. The molecule has 0 fully saturated rings. The monoisotopic (exact) mass is 473 g/mol. The van der Waals surface area contributed by atoms with E-state index in [4.69, 9.17) is 16.6 Å². The molecule has 0 aliphatic rings. The van der Waals surface area contributed by atoms with Crippen LogP contribution in [0.1, 0.15) is 53.4 Å². The zero-order valence-electron chi connectivity index (χ0n) is 19.3. The molecule has 13 nitrogen and oxygen atoms in total. The van der Waals surface area contributed by atoms with Crippen molar-refractivity contribution in [3.05, 3.63) is 0 Å². The fourth-order valence-corrected chi connectivity index (χ4v) is 2.91. The summed E-state index contributed by atoms with van der Waals surface area (Å²) in [7, 11) is 0. The summed E-state index contributed by atoms with van der Waals surface area (Å²) in [5.41, 5.74) is 10.7. The Morgan fingerprint density at radius 3 is 1.55 bits per heavy atom. The molecular weight excluding hydrogens is 438 g/mol. The van der Waals surface area contributed by atoms with Gasteiger partial charge in [-0.05, 0) is 24.7 Å². The third-order valence-corrected chi connectivity index (χ3v) is 4.43. The smallest absolute Gasteiger partial charge is 0.326 e. The second-order valence-electron chi connectivity index (χ2n) is 8.66. The van der Waals surface area contributed by atoms with Crippen molar-refractivity contribution < 1.29 is 39.0 Å². The van der Waals surface area contributed by atoms with Gasteiger partial charge in [-0.2, -0.15) is 0 Å². The standard InChI is InChI=1S/C20H35N5O8/c1-9(2)5-12(23-17(29)11(21)7-16(27)28)18(30)24-13(8-15(22)26)19(31)25-14(20(32)33)6-10(3)4/h9-14H,5-8,21H2,1-4H3,(H2,22,26)(H,23,29)(H,24,30)(H,25,31)(H,27,28)(H,32,33). The summed E-state index contributed by atoms with van der Waals surface area (Å²) in [6.45, 7) is 7.05. The van der Waals surface area contributed by atoms with Crippen LogP contribution in [-0.2, 0) is 28.8 Å². The highest BCUT2D eigenvalue weighted by atomic mass is 16.4. The number of amides is 4. The Bertz CT molecular complexity index is 740.